The molecule has 0 saturated carbocycles. The average molecular weight is 269 g/mol. The van der Waals surface area contributed by atoms with Crippen molar-refractivity contribution >= 4 is 11.0 Å². The van der Waals surface area contributed by atoms with Crippen molar-refractivity contribution in [3.8, 4) is 5.69 Å². The van der Waals surface area contributed by atoms with Crippen LogP contribution in [0.4, 0.5) is 0 Å². The van der Waals surface area contributed by atoms with Crippen molar-refractivity contribution in [3.05, 3.63) is 42.0 Å². The molecule has 5 nitrogen and oxygen atoms in total. The zero-order valence-electron chi connectivity index (χ0n) is 12.1. The highest BCUT2D eigenvalue weighted by Crippen LogP contribution is 2.18. The fourth-order valence-corrected chi connectivity index (χ4v) is 2.30. The zero-order chi connectivity index (χ0) is 14.1. The lowest BCUT2D eigenvalue weighted by atomic mass is 10.2. The SMILES string of the molecule is CCNCc1cnn(-c2ccc3nc(C)n(C)c3c2)c1. The lowest BCUT2D eigenvalue weighted by Gasteiger charge is -2.03. The minimum atomic E-state index is 0.851. The second-order valence-electron chi connectivity index (χ2n) is 4.96. The van der Waals surface area contributed by atoms with Gasteiger partial charge in [0.25, 0.3) is 0 Å². The van der Waals surface area contributed by atoms with Crippen molar-refractivity contribution in [1.82, 2.24) is 24.6 Å². The predicted molar refractivity (Wildman–Crippen MR) is 80.0 cm³/mol. The van der Waals surface area contributed by atoms with E-state index in [9.17, 15) is 0 Å². The number of aromatic nitrogens is 4. The van der Waals surface area contributed by atoms with Crippen molar-refractivity contribution in [3.63, 3.8) is 0 Å². The number of nitrogens with zero attached hydrogens (tertiary/aromatic N) is 4. The fourth-order valence-electron chi connectivity index (χ4n) is 2.30. The molecule has 3 rings (SSSR count). The summed E-state index contributed by atoms with van der Waals surface area (Å²) >= 11 is 0. The van der Waals surface area contributed by atoms with E-state index in [1.165, 1.54) is 5.56 Å². The number of aryl methyl sites for hydroxylation is 2. The Balaban J connectivity index is 1.97. The van der Waals surface area contributed by atoms with Crippen LogP contribution in [0.3, 0.4) is 0 Å². The van der Waals surface area contributed by atoms with Crippen LogP contribution in [0.2, 0.25) is 0 Å². The molecule has 1 N–H and O–H groups in total. The smallest absolute Gasteiger partial charge is 0.106 e. The van der Waals surface area contributed by atoms with E-state index in [2.05, 4.69) is 45.2 Å². The number of benzene rings is 1. The molecule has 0 aliphatic heterocycles. The molecule has 2 heterocycles. The molecule has 0 aliphatic rings. The largest absolute Gasteiger partial charge is 0.331 e. The summed E-state index contributed by atoms with van der Waals surface area (Å²) in [5.41, 5.74) is 4.40. The topological polar surface area (TPSA) is 47.7 Å². The molecule has 1 aromatic carbocycles. The second kappa shape index (κ2) is 5.09. The van der Waals surface area contributed by atoms with Gasteiger partial charge in [0.2, 0.25) is 0 Å². The van der Waals surface area contributed by atoms with Gasteiger partial charge in [0, 0.05) is 25.4 Å². The highest BCUT2D eigenvalue weighted by atomic mass is 15.3. The first kappa shape index (κ1) is 12.9. The molecular weight excluding hydrogens is 250 g/mol. The Morgan fingerprint density at radius 1 is 1.30 bits per heavy atom. The molecule has 0 aliphatic carbocycles. The van der Waals surface area contributed by atoms with E-state index in [4.69, 9.17) is 0 Å². The molecule has 104 valence electrons. The van der Waals surface area contributed by atoms with Crippen LogP contribution in [0.1, 0.15) is 18.3 Å². The Kier molecular flexibility index (Phi) is 3.28. The van der Waals surface area contributed by atoms with Gasteiger partial charge in [0.15, 0.2) is 0 Å². The molecule has 0 fully saturated rings. The maximum Gasteiger partial charge on any atom is 0.106 e. The van der Waals surface area contributed by atoms with Crippen LogP contribution in [-0.2, 0) is 13.6 Å². The third-order valence-electron chi connectivity index (χ3n) is 3.57. The lowest BCUT2D eigenvalue weighted by Crippen LogP contribution is -2.10. The third kappa shape index (κ3) is 2.20. The monoisotopic (exact) mass is 269 g/mol. The Labute approximate surface area is 118 Å². The van der Waals surface area contributed by atoms with Crippen molar-refractivity contribution < 1.29 is 0 Å². The van der Waals surface area contributed by atoms with Crippen LogP contribution in [0.25, 0.3) is 16.7 Å². The number of rotatable bonds is 4. The average Bonchev–Trinajstić information content (AvgIpc) is 3.03. The summed E-state index contributed by atoms with van der Waals surface area (Å²) in [5.74, 6) is 1.02. The first-order valence-corrected chi connectivity index (χ1v) is 6.86. The van der Waals surface area contributed by atoms with E-state index in [1.807, 2.05) is 30.9 Å². The Bertz CT molecular complexity index is 738. The van der Waals surface area contributed by atoms with Gasteiger partial charge < -0.3 is 9.88 Å². The molecule has 0 saturated heterocycles. The minimum absolute atomic E-state index is 0.851. The summed E-state index contributed by atoms with van der Waals surface area (Å²) in [4.78, 5) is 4.52. The van der Waals surface area contributed by atoms with Crippen molar-refractivity contribution in [1.29, 1.82) is 0 Å². The number of hydrogen-bond donors (Lipinski definition) is 1. The molecule has 0 bridgehead atoms. The summed E-state index contributed by atoms with van der Waals surface area (Å²) in [6, 6.07) is 6.22. The Morgan fingerprint density at radius 3 is 2.95 bits per heavy atom. The normalized spacial score (nSPS) is 11.3. The number of imidazole rings is 1. The molecule has 0 atom stereocenters. The molecule has 20 heavy (non-hydrogen) atoms. The highest BCUT2D eigenvalue weighted by molar-refractivity contribution is 5.78. The first-order chi connectivity index (χ1) is 9.69. The van der Waals surface area contributed by atoms with Crippen LogP contribution in [0.5, 0.6) is 0 Å². The minimum Gasteiger partial charge on any atom is -0.331 e. The maximum absolute atomic E-state index is 4.52. The van der Waals surface area contributed by atoms with Gasteiger partial charge in [-0.25, -0.2) is 9.67 Å². The van der Waals surface area contributed by atoms with E-state index in [1.54, 1.807) is 0 Å². The first-order valence-electron chi connectivity index (χ1n) is 6.86. The van der Waals surface area contributed by atoms with Gasteiger partial charge in [0.05, 0.1) is 22.9 Å². The predicted octanol–water partition coefficient (Wildman–Crippen LogP) is 2.18. The molecule has 3 aromatic rings. The number of nitrogens with one attached hydrogen (secondary N) is 1. The quantitative estimate of drug-likeness (QED) is 0.789. The molecule has 5 heteroatoms. The summed E-state index contributed by atoms with van der Waals surface area (Å²) in [5, 5.41) is 7.73. The van der Waals surface area contributed by atoms with E-state index in [0.717, 1.165) is 35.6 Å². The zero-order valence-corrected chi connectivity index (χ0v) is 12.1. The standard InChI is InChI=1S/C15H19N5/c1-4-16-8-12-9-17-20(10-12)13-5-6-14-15(7-13)19(3)11(2)18-14/h5-7,9-10,16H,4,8H2,1-3H3. The molecule has 0 radical (unpaired) electrons. The van der Waals surface area contributed by atoms with Crippen LogP contribution >= 0.6 is 0 Å². The van der Waals surface area contributed by atoms with E-state index in [-0.39, 0.29) is 0 Å². The van der Waals surface area contributed by atoms with Crippen molar-refractivity contribution in [2.75, 3.05) is 6.54 Å². The van der Waals surface area contributed by atoms with E-state index in [0.29, 0.717) is 0 Å². The molecule has 0 unspecified atom stereocenters. The van der Waals surface area contributed by atoms with Gasteiger partial charge in [0.1, 0.15) is 5.82 Å². The number of hydrogen-bond acceptors (Lipinski definition) is 3. The van der Waals surface area contributed by atoms with Crippen LogP contribution in [-0.4, -0.2) is 25.9 Å². The summed E-state index contributed by atoms with van der Waals surface area (Å²) < 4.78 is 4.01. The maximum atomic E-state index is 4.52. The van der Waals surface area contributed by atoms with E-state index < -0.39 is 0 Å². The van der Waals surface area contributed by atoms with Crippen LogP contribution < -0.4 is 5.32 Å². The van der Waals surface area contributed by atoms with Crippen LogP contribution in [0.15, 0.2) is 30.6 Å². The molecular formula is C15H19N5. The van der Waals surface area contributed by atoms with Gasteiger partial charge in [-0.3, -0.25) is 0 Å². The van der Waals surface area contributed by atoms with Gasteiger partial charge in [-0.05, 0) is 31.7 Å². The number of fused-ring (bicyclic) bond motifs is 1. The van der Waals surface area contributed by atoms with Crippen LogP contribution in [0, 0.1) is 6.92 Å². The van der Waals surface area contributed by atoms with Crippen molar-refractivity contribution in [2.24, 2.45) is 7.05 Å². The summed E-state index contributed by atoms with van der Waals surface area (Å²) in [7, 11) is 2.04. The Hall–Kier alpha value is -2.14. The fraction of sp³-hybridized carbons (Fsp3) is 0.333. The van der Waals surface area contributed by atoms with Crippen molar-refractivity contribution in [2.45, 2.75) is 20.4 Å². The Morgan fingerprint density at radius 2 is 2.15 bits per heavy atom. The molecule has 0 spiro atoms. The molecule has 2 aromatic heterocycles. The van der Waals surface area contributed by atoms with Gasteiger partial charge >= 0.3 is 0 Å². The highest BCUT2D eigenvalue weighted by Gasteiger charge is 2.07. The van der Waals surface area contributed by atoms with E-state index >= 15 is 0 Å². The lowest BCUT2D eigenvalue weighted by molar-refractivity contribution is 0.726. The molecule has 0 amide bonds. The second-order valence-corrected chi connectivity index (χ2v) is 4.96. The van der Waals surface area contributed by atoms with Gasteiger partial charge in [-0.15, -0.1) is 0 Å². The van der Waals surface area contributed by atoms with Gasteiger partial charge in [-0.2, -0.15) is 5.10 Å². The third-order valence-corrected chi connectivity index (χ3v) is 3.57. The summed E-state index contributed by atoms with van der Waals surface area (Å²) in [6.45, 7) is 5.93. The summed E-state index contributed by atoms with van der Waals surface area (Å²) in [6.07, 6.45) is 3.97. The van der Waals surface area contributed by atoms with Gasteiger partial charge in [-0.1, -0.05) is 6.92 Å².